The first kappa shape index (κ1) is 15.8. The first-order chi connectivity index (χ1) is 11.6. The number of hydrogen-bond donors (Lipinski definition) is 0. The molecule has 0 amide bonds. The molecule has 0 radical (unpaired) electrons. The number of ether oxygens (including phenoxy) is 1. The van der Waals surface area contributed by atoms with E-state index in [0.717, 1.165) is 45.5 Å². The van der Waals surface area contributed by atoms with Gasteiger partial charge in [-0.15, -0.1) is 0 Å². The van der Waals surface area contributed by atoms with Crippen LogP contribution in [-0.2, 0) is 18.3 Å². The molecule has 24 heavy (non-hydrogen) atoms. The Hall–Kier alpha value is -1.72. The fourth-order valence-corrected chi connectivity index (χ4v) is 4.02. The maximum absolute atomic E-state index is 13.0. The molecule has 4 rings (SSSR count). The van der Waals surface area contributed by atoms with Gasteiger partial charge >= 0.3 is 0 Å². The lowest BCUT2D eigenvalue weighted by Gasteiger charge is -2.38. The number of benzene rings is 1. The highest BCUT2D eigenvalue weighted by Gasteiger charge is 2.43. The quantitative estimate of drug-likeness (QED) is 0.867. The van der Waals surface area contributed by atoms with E-state index in [4.69, 9.17) is 4.74 Å². The lowest BCUT2D eigenvalue weighted by molar-refractivity contribution is -0.0448. The number of aryl methyl sites for hydroxylation is 1. The minimum atomic E-state index is -0.169. The Morgan fingerprint density at radius 2 is 2.00 bits per heavy atom. The van der Waals surface area contributed by atoms with E-state index in [9.17, 15) is 4.39 Å². The summed E-state index contributed by atoms with van der Waals surface area (Å²) < 4.78 is 21.1. The van der Waals surface area contributed by atoms with Crippen molar-refractivity contribution in [2.75, 3.05) is 19.7 Å². The Morgan fingerprint density at radius 3 is 2.67 bits per heavy atom. The minimum Gasteiger partial charge on any atom is -0.374 e. The average Bonchev–Trinajstić information content (AvgIpc) is 3.19. The van der Waals surface area contributed by atoms with Gasteiger partial charge in [0.15, 0.2) is 0 Å². The van der Waals surface area contributed by atoms with Gasteiger partial charge in [0, 0.05) is 38.8 Å². The van der Waals surface area contributed by atoms with E-state index in [2.05, 4.69) is 16.2 Å². The molecule has 128 valence electrons. The van der Waals surface area contributed by atoms with E-state index >= 15 is 0 Å². The van der Waals surface area contributed by atoms with Crippen molar-refractivity contribution in [3.8, 4) is 0 Å². The molecule has 1 atom stereocenters. The van der Waals surface area contributed by atoms with Crippen LogP contribution in [0.3, 0.4) is 0 Å². The number of rotatable bonds is 3. The SMILES string of the molecule is Cn1cc([C@@H]2COC3(CCN(Cc4ccc(F)cc4)CC3)C2)cn1. The van der Waals surface area contributed by atoms with Crippen molar-refractivity contribution in [3.63, 3.8) is 0 Å². The monoisotopic (exact) mass is 329 g/mol. The van der Waals surface area contributed by atoms with Crippen molar-refractivity contribution in [1.29, 1.82) is 0 Å². The van der Waals surface area contributed by atoms with Gasteiger partial charge in [0.25, 0.3) is 0 Å². The molecule has 3 heterocycles. The third-order valence-electron chi connectivity index (χ3n) is 5.49. The summed E-state index contributed by atoms with van der Waals surface area (Å²) in [6, 6.07) is 6.84. The van der Waals surface area contributed by atoms with E-state index in [1.165, 1.54) is 11.1 Å². The number of nitrogens with zero attached hydrogens (tertiary/aromatic N) is 3. The number of halogens is 1. The van der Waals surface area contributed by atoms with E-state index in [1.807, 2.05) is 30.1 Å². The van der Waals surface area contributed by atoms with Crippen molar-refractivity contribution < 1.29 is 9.13 Å². The molecule has 2 aliphatic heterocycles. The average molecular weight is 329 g/mol. The summed E-state index contributed by atoms with van der Waals surface area (Å²) in [5.74, 6) is 0.305. The molecule has 1 spiro atoms. The van der Waals surface area contributed by atoms with Gasteiger partial charge in [-0.25, -0.2) is 4.39 Å². The topological polar surface area (TPSA) is 30.3 Å². The zero-order valence-corrected chi connectivity index (χ0v) is 14.1. The molecule has 2 saturated heterocycles. The van der Waals surface area contributed by atoms with Gasteiger partial charge in [-0.2, -0.15) is 5.10 Å². The van der Waals surface area contributed by atoms with Crippen molar-refractivity contribution in [2.45, 2.75) is 37.3 Å². The van der Waals surface area contributed by atoms with E-state index in [1.54, 1.807) is 12.1 Å². The summed E-state index contributed by atoms with van der Waals surface area (Å²) in [4.78, 5) is 2.44. The lowest BCUT2D eigenvalue weighted by atomic mass is 9.84. The highest BCUT2D eigenvalue weighted by atomic mass is 19.1. The zero-order chi connectivity index (χ0) is 16.6. The lowest BCUT2D eigenvalue weighted by Crippen LogP contribution is -2.43. The van der Waals surface area contributed by atoms with Gasteiger partial charge in [0.2, 0.25) is 0 Å². The second kappa shape index (κ2) is 6.30. The summed E-state index contributed by atoms with van der Waals surface area (Å²) in [5, 5.41) is 4.29. The zero-order valence-electron chi connectivity index (χ0n) is 14.1. The molecule has 5 heteroatoms. The molecule has 0 aliphatic carbocycles. The molecule has 2 aliphatic rings. The van der Waals surface area contributed by atoms with Crippen molar-refractivity contribution in [2.24, 2.45) is 7.05 Å². The predicted molar refractivity (Wildman–Crippen MR) is 90.2 cm³/mol. The summed E-state index contributed by atoms with van der Waals surface area (Å²) in [6.45, 7) is 3.78. The maximum atomic E-state index is 13.0. The fourth-order valence-electron chi connectivity index (χ4n) is 4.02. The smallest absolute Gasteiger partial charge is 0.123 e. The molecule has 4 nitrogen and oxygen atoms in total. The van der Waals surface area contributed by atoms with Crippen LogP contribution in [0.5, 0.6) is 0 Å². The number of likely N-dealkylation sites (tertiary alicyclic amines) is 1. The van der Waals surface area contributed by atoms with Gasteiger partial charge < -0.3 is 4.74 Å². The number of hydrogen-bond acceptors (Lipinski definition) is 3. The third kappa shape index (κ3) is 3.23. The largest absolute Gasteiger partial charge is 0.374 e. The Morgan fingerprint density at radius 1 is 1.25 bits per heavy atom. The molecule has 2 aromatic rings. The molecule has 1 aromatic carbocycles. The first-order valence-electron chi connectivity index (χ1n) is 8.71. The normalized spacial score (nSPS) is 23.8. The van der Waals surface area contributed by atoms with Crippen LogP contribution in [-0.4, -0.2) is 40.0 Å². The molecule has 0 N–H and O–H groups in total. The van der Waals surface area contributed by atoms with Crippen LogP contribution in [0.1, 0.15) is 36.3 Å². The standard InChI is InChI=1S/C19H24FN3O/c1-22-13-17(11-21-22)16-10-19(24-14-16)6-8-23(9-7-19)12-15-2-4-18(20)5-3-15/h2-5,11,13,16H,6-10,12,14H2,1H3/t16-/m0/s1. The van der Waals surface area contributed by atoms with Crippen LogP contribution < -0.4 is 0 Å². The molecular weight excluding hydrogens is 305 g/mol. The summed E-state index contributed by atoms with van der Waals surface area (Å²) in [5.41, 5.74) is 2.51. The van der Waals surface area contributed by atoms with Crippen molar-refractivity contribution in [3.05, 3.63) is 53.6 Å². The van der Waals surface area contributed by atoms with Crippen molar-refractivity contribution >= 4 is 0 Å². The maximum Gasteiger partial charge on any atom is 0.123 e. The van der Waals surface area contributed by atoms with Crippen LogP contribution >= 0.6 is 0 Å². The predicted octanol–water partition coefficient (Wildman–Crippen LogP) is 3.10. The molecule has 2 fully saturated rings. The Bertz CT molecular complexity index is 689. The number of piperidine rings is 1. The summed E-state index contributed by atoms with van der Waals surface area (Å²) in [7, 11) is 1.96. The van der Waals surface area contributed by atoms with Crippen LogP contribution in [0, 0.1) is 5.82 Å². The van der Waals surface area contributed by atoms with Gasteiger partial charge in [-0.05, 0) is 42.5 Å². The number of aromatic nitrogens is 2. The van der Waals surface area contributed by atoms with Crippen LogP contribution in [0.4, 0.5) is 4.39 Å². The summed E-state index contributed by atoms with van der Waals surface area (Å²) in [6.07, 6.45) is 7.33. The highest BCUT2D eigenvalue weighted by molar-refractivity contribution is 5.17. The van der Waals surface area contributed by atoms with E-state index in [-0.39, 0.29) is 11.4 Å². The van der Waals surface area contributed by atoms with Gasteiger partial charge in [0.05, 0.1) is 18.4 Å². The molecule has 0 bridgehead atoms. The first-order valence-corrected chi connectivity index (χ1v) is 8.71. The van der Waals surface area contributed by atoms with Gasteiger partial charge in [0.1, 0.15) is 5.82 Å². The molecule has 0 saturated carbocycles. The van der Waals surface area contributed by atoms with Gasteiger partial charge in [-0.1, -0.05) is 12.1 Å². The molecular formula is C19H24FN3O. The molecule has 1 aromatic heterocycles. The van der Waals surface area contributed by atoms with E-state index in [0.29, 0.717) is 5.92 Å². The summed E-state index contributed by atoms with van der Waals surface area (Å²) >= 11 is 0. The Labute approximate surface area is 142 Å². The fraction of sp³-hybridized carbons (Fsp3) is 0.526. The Balaban J connectivity index is 1.33. The van der Waals surface area contributed by atoms with E-state index < -0.39 is 0 Å². The Kier molecular flexibility index (Phi) is 4.14. The second-order valence-electron chi connectivity index (χ2n) is 7.25. The minimum absolute atomic E-state index is 0.0415. The van der Waals surface area contributed by atoms with Crippen molar-refractivity contribution in [1.82, 2.24) is 14.7 Å². The van der Waals surface area contributed by atoms with Crippen LogP contribution in [0.2, 0.25) is 0 Å². The van der Waals surface area contributed by atoms with Gasteiger partial charge in [-0.3, -0.25) is 9.58 Å². The second-order valence-corrected chi connectivity index (χ2v) is 7.25. The third-order valence-corrected chi connectivity index (χ3v) is 5.49. The highest BCUT2D eigenvalue weighted by Crippen LogP contribution is 2.42. The molecule has 0 unspecified atom stereocenters. The van der Waals surface area contributed by atoms with Crippen LogP contribution in [0.15, 0.2) is 36.7 Å². The van der Waals surface area contributed by atoms with Crippen LogP contribution in [0.25, 0.3) is 0 Å².